The van der Waals surface area contributed by atoms with Gasteiger partial charge in [-0.3, -0.25) is 4.79 Å². The van der Waals surface area contributed by atoms with Crippen molar-refractivity contribution in [1.29, 1.82) is 0 Å². The zero-order valence-corrected chi connectivity index (χ0v) is 13.8. The molecule has 22 heavy (non-hydrogen) atoms. The molecule has 4 heterocycles. The van der Waals surface area contributed by atoms with Gasteiger partial charge in [0.25, 0.3) is 0 Å². The average Bonchev–Trinajstić information content (AvgIpc) is 3.04. The number of carbonyl (C=O) groups is 1. The number of hydrogen-bond acceptors (Lipinski definition) is 6. The second kappa shape index (κ2) is 3.16. The highest BCUT2D eigenvalue weighted by atomic mass is 79.9. The molecule has 7 heteroatoms. The van der Waals surface area contributed by atoms with Crippen LogP contribution >= 0.6 is 15.9 Å². The van der Waals surface area contributed by atoms with Crippen molar-refractivity contribution < 1.29 is 28.8 Å². The monoisotopic (exact) mass is 372 g/mol. The summed E-state index contributed by atoms with van der Waals surface area (Å²) in [7, 11) is 0. The van der Waals surface area contributed by atoms with E-state index in [1.165, 1.54) is 0 Å². The number of rotatable bonds is 1. The minimum Gasteiger partial charge on any atom is -0.459 e. The van der Waals surface area contributed by atoms with Gasteiger partial charge < -0.3 is 24.1 Å². The standard InChI is InChI=1S/C15H17BrO6/c1-12(3-16)5-6-11(17)20-7(5)8-13(2)14(18,4-19-8)9-10(21-9)15(6,13)22-12/h5-10,18H,3-4H2,1-2H3/t5-,6+,7+,8+,9+,10-,12?,13-,14+,15-/m0/s1. The third-order valence-electron chi connectivity index (χ3n) is 7.50. The van der Waals surface area contributed by atoms with Gasteiger partial charge in [0, 0.05) is 11.2 Å². The van der Waals surface area contributed by atoms with Crippen LogP contribution in [0.25, 0.3) is 0 Å². The lowest BCUT2D eigenvalue weighted by Crippen LogP contribution is -2.67. The summed E-state index contributed by atoms with van der Waals surface area (Å²) >= 11 is 3.55. The molecule has 6 fully saturated rings. The number of epoxide rings is 1. The zero-order valence-electron chi connectivity index (χ0n) is 12.2. The molecule has 0 aromatic carbocycles. The minimum atomic E-state index is -1.10. The Kier molecular flexibility index (Phi) is 1.88. The van der Waals surface area contributed by atoms with E-state index < -0.39 is 22.2 Å². The maximum atomic E-state index is 12.6. The Morgan fingerprint density at radius 1 is 1.32 bits per heavy atom. The Balaban J connectivity index is 1.69. The van der Waals surface area contributed by atoms with Crippen LogP contribution in [0, 0.1) is 17.3 Å². The predicted molar refractivity (Wildman–Crippen MR) is 74.3 cm³/mol. The second-order valence-corrected chi connectivity index (χ2v) is 8.64. The summed E-state index contributed by atoms with van der Waals surface area (Å²) in [6.07, 6.45) is -1.23. The van der Waals surface area contributed by atoms with E-state index in [2.05, 4.69) is 15.9 Å². The molecule has 0 amide bonds. The fourth-order valence-corrected chi connectivity index (χ4v) is 7.03. The summed E-state index contributed by atoms with van der Waals surface area (Å²) in [6, 6.07) is 0. The van der Waals surface area contributed by atoms with Crippen molar-refractivity contribution in [3.05, 3.63) is 0 Å². The van der Waals surface area contributed by atoms with Gasteiger partial charge in [-0.1, -0.05) is 22.9 Å². The Bertz CT molecular complexity index is 642. The van der Waals surface area contributed by atoms with Crippen molar-refractivity contribution in [2.75, 3.05) is 11.9 Å². The maximum absolute atomic E-state index is 12.6. The molecule has 1 N–H and O–H groups in total. The van der Waals surface area contributed by atoms with E-state index in [4.69, 9.17) is 18.9 Å². The molecule has 4 bridgehead atoms. The van der Waals surface area contributed by atoms with Gasteiger partial charge in [-0.15, -0.1) is 0 Å². The molecular formula is C15H17BrO6. The van der Waals surface area contributed by atoms with Crippen molar-refractivity contribution in [3.8, 4) is 0 Å². The number of hydrogen-bond donors (Lipinski definition) is 1. The minimum absolute atomic E-state index is 0.0669. The Hall–Kier alpha value is -0.210. The SMILES string of the molecule is CC1(CBr)O[C@]23[C@H]4O[C@H]4[C@]4(O)CO[C@H]([C@@H]5OC(=O)[C@H]2[C@@H]51)[C@]34C. The number of fused-ring (bicyclic) bond motifs is 3. The van der Waals surface area contributed by atoms with E-state index in [1.807, 2.05) is 13.8 Å². The van der Waals surface area contributed by atoms with Crippen molar-refractivity contribution in [2.24, 2.45) is 17.3 Å². The van der Waals surface area contributed by atoms with Crippen molar-refractivity contribution >= 4 is 21.9 Å². The van der Waals surface area contributed by atoms with Crippen LogP contribution in [0.5, 0.6) is 0 Å². The molecule has 120 valence electrons. The van der Waals surface area contributed by atoms with Crippen LogP contribution in [-0.2, 0) is 23.7 Å². The lowest BCUT2D eigenvalue weighted by atomic mass is 9.53. The number of halogens is 1. The van der Waals surface area contributed by atoms with E-state index in [0.717, 1.165) is 0 Å². The second-order valence-electron chi connectivity index (χ2n) is 8.08. The lowest BCUT2D eigenvalue weighted by molar-refractivity contribution is -0.219. The van der Waals surface area contributed by atoms with Crippen molar-refractivity contribution in [3.63, 3.8) is 0 Å². The van der Waals surface area contributed by atoms with Gasteiger partial charge in [-0.25, -0.2) is 0 Å². The fourth-order valence-electron chi connectivity index (χ4n) is 6.55. The molecule has 4 aliphatic heterocycles. The molecule has 1 unspecified atom stereocenters. The quantitative estimate of drug-likeness (QED) is 0.396. The van der Waals surface area contributed by atoms with Crippen LogP contribution in [-0.4, -0.2) is 64.2 Å². The molecule has 1 spiro atoms. The molecule has 0 aromatic rings. The van der Waals surface area contributed by atoms with Crippen LogP contribution in [0.3, 0.4) is 0 Å². The third kappa shape index (κ3) is 0.886. The van der Waals surface area contributed by atoms with Gasteiger partial charge in [-0.05, 0) is 6.92 Å². The van der Waals surface area contributed by atoms with E-state index in [0.29, 0.717) is 5.33 Å². The highest BCUT2D eigenvalue weighted by Crippen LogP contribution is 2.79. The molecule has 6 rings (SSSR count). The van der Waals surface area contributed by atoms with Crippen LogP contribution in [0.1, 0.15) is 13.8 Å². The topological polar surface area (TPSA) is 77.5 Å². The largest absolute Gasteiger partial charge is 0.459 e. The van der Waals surface area contributed by atoms with Gasteiger partial charge >= 0.3 is 5.97 Å². The summed E-state index contributed by atoms with van der Waals surface area (Å²) < 4.78 is 24.1. The van der Waals surface area contributed by atoms with Gasteiger partial charge in [-0.2, -0.15) is 0 Å². The van der Waals surface area contributed by atoms with E-state index in [1.54, 1.807) is 0 Å². The van der Waals surface area contributed by atoms with Crippen molar-refractivity contribution in [1.82, 2.24) is 0 Å². The lowest BCUT2D eigenvalue weighted by Gasteiger charge is -2.50. The first-order chi connectivity index (χ1) is 10.3. The number of ether oxygens (including phenoxy) is 4. The number of alkyl halides is 1. The first kappa shape index (κ1) is 13.1. The van der Waals surface area contributed by atoms with Crippen molar-refractivity contribution in [2.45, 2.75) is 55.1 Å². The molecule has 2 aliphatic carbocycles. The number of aliphatic hydroxyl groups is 1. The van der Waals surface area contributed by atoms with Crippen LogP contribution in [0.4, 0.5) is 0 Å². The summed E-state index contributed by atoms with van der Waals surface area (Å²) in [5.74, 6) is -0.674. The van der Waals surface area contributed by atoms with Gasteiger partial charge in [0.1, 0.15) is 35.6 Å². The van der Waals surface area contributed by atoms with Crippen LogP contribution in [0.2, 0.25) is 0 Å². The average molecular weight is 373 g/mol. The summed E-state index contributed by atoms with van der Waals surface area (Å²) in [4.78, 5) is 12.6. The molecule has 10 atom stereocenters. The molecule has 6 aliphatic rings. The number of esters is 1. The van der Waals surface area contributed by atoms with Gasteiger partial charge in [0.2, 0.25) is 0 Å². The van der Waals surface area contributed by atoms with E-state index >= 15 is 0 Å². The smallest absolute Gasteiger partial charge is 0.312 e. The highest BCUT2D eigenvalue weighted by molar-refractivity contribution is 9.09. The van der Waals surface area contributed by atoms with E-state index in [-0.39, 0.29) is 48.8 Å². The zero-order chi connectivity index (χ0) is 15.3. The molecular weight excluding hydrogens is 356 g/mol. The molecule has 0 radical (unpaired) electrons. The van der Waals surface area contributed by atoms with Gasteiger partial charge in [0.15, 0.2) is 0 Å². The Labute approximate surface area is 135 Å². The highest BCUT2D eigenvalue weighted by Gasteiger charge is 2.97. The van der Waals surface area contributed by atoms with Crippen LogP contribution in [0.15, 0.2) is 0 Å². The Morgan fingerprint density at radius 3 is 2.82 bits per heavy atom. The summed E-state index contributed by atoms with van der Waals surface area (Å²) in [5, 5.41) is 11.9. The third-order valence-corrected chi connectivity index (χ3v) is 8.61. The van der Waals surface area contributed by atoms with Crippen LogP contribution < -0.4 is 0 Å². The normalized spacial score (nSPS) is 72.3. The molecule has 6 nitrogen and oxygen atoms in total. The van der Waals surface area contributed by atoms with Gasteiger partial charge in [0.05, 0.1) is 23.5 Å². The molecule has 0 aromatic heterocycles. The maximum Gasteiger partial charge on any atom is 0.312 e. The molecule has 4 saturated heterocycles. The fraction of sp³-hybridized carbons (Fsp3) is 0.933. The van der Waals surface area contributed by atoms with E-state index in [9.17, 15) is 9.90 Å². The first-order valence-electron chi connectivity index (χ1n) is 7.81. The first-order valence-corrected chi connectivity index (χ1v) is 8.93. The summed E-state index contributed by atoms with van der Waals surface area (Å²) in [5.41, 5.74) is -3.15. The predicted octanol–water partition coefficient (Wildman–Crippen LogP) is -0.00240. The number of carbonyl (C=O) groups excluding carboxylic acids is 1. The molecule has 2 saturated carbocycles. The summed E-state index contributed by atoms with van der Waals surface area (Å²) in [6.45, 7) is 4.24. The Morgan fingerprint density at radius 2 is 2.09 bits per heavy atom.